The number of carbonyl (C=O) groups excluding carboxylic acids is 1. The van der Waals surface area contributed by atoms with Gasteiger partial charge in [-0.25, -0.2) is 0 Å². The van der Waals surface area contributed by atoms with Crippen LogP contribution in [-0.2, 0) is 9.13 Å². The lowest BCUT2D eigenvalue weighted by atomic mass is 9.88. The largest absolute Gasteiger partial charge is 0.338 e. The van der Waals surface area contributed by atoms with Gasteiger partial charge in [-0.15, -0.1) is 0 Å². The highest BCUT2D eigenvalue weighted by molar-refractivity contribution is 6.57. The number of likely N-dealkylation sites (N-methyl/N-ethyl adjacent to an activating group) is 1. The third-order valence-corrected chi connectivity index (χ3v) is 6.29. The summed E-state index contributed by atoms with van der Waals surface area (Å²) in [5.41, 5.74) is 0.638. The smallest absolute Gasteiger partial charge is 0.263 e. The van der Waals surface area contributed by atoms with Gasteiger partial charge in [0.15, 0.2) is 0 Å². The lowest BCUT2D eigenvalue weighted by Crippen LogP contribution is -2.55. The van der Waals surface area contributed by atoms with Crippen LogP contribution in [0.2, 0.25) is 0 Å². The summed E-state index contributed by atoms with van der Waals surface area (Å²) in [4.78, 5) is 17.4. The first-order valence-electron chi connectivity index (χ1n) is 8.96. The molecule has 0 N–H and O–H groups in total. The van der Waals surface area contributed by atoms with Crippen LogP contribution in [-0.4, -0.2) is 47.9 Å². The molecule has 1 aromatic rings. The Morgan fingerprint density at radius 2 is 1.71 bits per heavy atom. The number of nitrogens with zero attached hydrogens (tertiary/aromatic N) is 2. The monoisotopic (exact) mass is 368 g/mol. The molecule has 1 aromatic carbocycles. The predicted molar refractivity (Wildman–Crippen MR) is 99.4 cm³/mol. The van der Waals surface area contributed by atoms with Gasteiger partial charge in [0, 0.05) is 19.1 Å². The Kier molecular flexibility index (Phi) is 5.74. The van der Waals surface area contributed by atoms with Crippen LogP contribution in [0.3, 0.4) is 0 Å². The molecule has 0 spiro atoms. The minimum absolute atomic E-state index is 0.199. The van der Waals surface area contributed by atoms with E-state index in [0.29, 0.717) is 11.6 Å². The van der Waals surface area contributed by atoms with Crippen molar-refractivity contribution in [3.05, 3.63) is 35.9 Å². The number of likely N-dealkylation sites (tertiary alicyclic amines) is 1. The van der Waals surface area contributed by atoms with Gasteiger partial charge in [-0.05, 0) is 44.3 Å². The van der Waals surface area contributed by atoms with Crippen LogP contribution in [0, 0.1) is 0 Å². The molecule has 0 radical (unpaired) electrons. The number of hydrogen-bond acceptors (Lipinski definition) is 2. The highest BCUT2D eigenvalue weighted by Crippen LogP contribution is 2.38. The molecule has 0 aromatic heterocycles. The normalized spacial score (nSPS) is 25.6. The number of amides is 1. The lowest BCUT2D eigenvalue weighted by Gasteiger charge is -2.43. The second-order valence-corrected chi connectivity index (χ2v) is 8.35. The van der Waals surface area contributed by atoms with Crippen molar-refractivity contribution in [2.75, 3.05) is 20.1 Å². The summed E-state index contributed by atoms with van der Waals surface area (Å²) in [5, 5.41) is 0. The summed E-state index contributed by atoms with van der Waals surface area (Å²) < 4.78 is -1.52. The van der Waals surface area contributed by atoms with Crippen molar-refractivity contribution in [3.63, 3.8) is 0 Å². The molecule has 1 aliphatic carbocycles. The van der Waals surface area contributed by atoms with Gasteiger partial charge in [0.25, 0.3) is 5.91 Å². The number of hydrogen-bond donors (Lipinski definition) is 0. The first kappa shape index (κ1) is 18.0. The third kappa shape index (κ3) is 3.58. The number of carbonyl (C=O) groups is 1. The van der Waals surface area contributed by atoms with Crippen molar-refractivity contribution in [2.45, 2.75) is 54.9 Å². The van der Waals surface area contributed by atoms with Gasteiger partial charge in [-0.3, -0.25) is 9.69 Å². The highest BCUT2D eigenvalue weighted by atomic mass is 35.5. The zero-order chi connectivity index (χ0) is 17.2. The summed E-state index contributed by atoms with van der Waals surface area (Å²) in [5.74, 6) is -0.215. The minimum atomic E-state index is -1.52. The van der Waals surface area contributed by atoms with Gasteiger partial charge in [0.1, 0.15) is 0 Å². The van der Waals surface area contributed by atoms with Crippen molar-refractivity contribution in [3.8, 4) is 0 Å². The quantitative estimate of drug-likeness (QED) is 0.744. The van der Waals surface area contributed by atoms with E-state index < -0.39 is 4.33 Å². The maximum absolute atomic E-state index is 13.1. The standard InChI is InChI=1S/C19H26Cl2N2O/c1-22(18(24)19(20,21)15-9-3-2-4-10-15)16-11-5-6-12-17(16)23-13-7-8-14-23/h2-4,9-10,16-17H,5-8,11-14H2,1H3. The molecule has 2 atom stereocenters. The molecule has 5 heteroatoms. The molecule has 1 saturated carbocycles. The fraction of sp³-hybridized carbons (Fsp3) is 0.632. The van der Waals surface area contributed by atoms with E-state index in [1.807, 2.05) is 42.3 Å². The molecule has 2 aliphatic rings. The average Bonchev–Trinajstić information content (AvgIpc) is 3.15. The van der Waals surface area contributed by atoms with E-state index in [4.69, 9.17) is 23.2 Å². The molecule has 3 rings (SSSR count). The van der Waals surface area contributed by atoms with Crippen molar-refractivity contribution in [2.24, 2.45) is 0 Å². The maximum atomic E-state index is 13.1. The molecule has 1 amide bonds. The topological polar surface area (TPSA) is 23.6 Å². The van der Waals surface area contributed by atoms with Crippen LogP contribution in [0.25, 0.3) is 0 Å². The molecule has 2 fully saturated rings. The van der Waals surface area contributed by atoms with E-state index >= 15 is 0 Å². The van der Waals surface area contributed by atoms with Crippen LogP contribution in [0.5, 0.6) is 0 Å². The Labute approximate surface area is 154 Å². The van der Waals surface area contributed by atoms with Crippen LogP contribution in [0.15, 0.2) is 30.3 Å². The average molecular weight is 369 g/mol. The van der Waals surface area contributed by atoms with Gasteiger partial charge in [-0.1, -0.05) is 66.4 Å². The first-order valence-corrected chi connectivity index (χ1v) is 9.72. The number of benzene rings is 1. The second kappa shape index (κ2) is 7.63. The second-order valence-electron chi connectivity index (χ2n) is 7.02. The van der Waals surface area contributed by atoms with Crippen molar-refractivity contribution >= 4 is 29.1 Å². The third-order valence-electron chi connectivity index (χ3n) is 5.53. The Balaban J connectivity index is 1.78. The molecule has 132 valence electrons. The van der Waals surface area contributed by atoms with Crippen molar-refractivity contribution < 1.29 is 4.79 Å². The van der Waals surface area contributed by atoms with Crippen molar-refractivity contribution in [1.82, 2.24) is 9.80 Å². The zero-order valence-corrected chi connectivity index (χ0v) is 15.8. The summed E-state index contributed by atoms with van der Waals surface area (Å²) >= 11 is 13.0. The van der Waals surface area contributed by atoms with Gasteiger partial charge in [-0.2, -0.15) is 0 Å². The number of rotatable bonds is 4. The molecule has 24 heavy (non-hydrogen) atoms. The molecule has 1 heterocycles. The fourth-order valence-corrected chi connectivity index (χ4v) is 4.70. The zero-order valence-electron chi connectivity index (χ0n) is 14.3. The van der Waals surface area contributed by atoms with E-state index in [1.54, 1.807) is 0 Å². The van der Waals surface area contributed by atoms with Crippen LogP contribution >= 0.6 is 23.2 Å². The highest BCUT2D eigenvalue weighted by Gasteiger charge is 2.43. The SMILES string of the molecule is CN(C(=O)C(Cl)(Cl)c1ccccc1)C1CCCCC1N1CCCC1. The van der Waals surface area contributed by atoms with Crippen LogP contribution in [0.1, 0.15) is 44.1 Å². The Morgan fingerprint density at radius 1 is 1.08 bits per heavy atom. The first-order chi connectivity index (χ1) is 11.5. The molecule has 1 saturated heterocycles. The number of halogens is 2. The Hall–Kier alpha value is -0.770. The lowest BCUT2D eigenvalue weighted by molar-refractivity contribution is -0.135. The molecule has 1 aliphatic heterocycles. The summed E-state index contributed by atoms with van der Waals surface area (Å²) in [6.45, 7) is 2.30. The summed E-state index contributed by atoms with van der Waals surface area (Å²) in [6, 6.07) is 9.87. The van der Waals surface area contributed by atoms with Crippen molar-refractivity contribution in [1.29, 1.82) is 0 Å². The van der Waals surface area contributed by atoms with E-state index in [-0.39, 0.29) is 11.9 Å². The van der Waals surface area contributed by atoms with E-state index in [0.717, 1.165) is 32.4 Å². The molecule has 3 nitrogen and oxygen atoms in total. The van der Waals surface area contributed by atoms with Gasteiger partial charge < -0.3 is 4.90 Å². The molecule has 2 unspecified atom stereocenters. The number of alkyl halides is 2. The van der Waals surface area contributed by atoms with Gasteiger partial charge in [0.05, 0.1) is 0 Å². The summed E-state index contributed by atoms with van der Waals surface area (Å²) in [7, 11) is 1.86. The van der Waals surface area contributed by atoms with Crippen LogP contribution < -0.4 is 0 Å². The van der Waals surface area contributed by atoms with Gasteiger partial charge >= 0.3 is 0 Å². The molecule has 0 bridgehead atoms. The molecular formula is C19H26Cl2N2O. The maximum Gasteiger partial charge on any atom is 0.263 e. The van der Waals surface area contributed by atoms with E-state index in [2.05, 4.69) is 4.90 Å². The van der Waals surface area contributed by atoms with Crippen LogP contribution in [0.4, 0.5) is 0 Å². The minimum Gasteiger partial charge on any atom is -0.338 e. The fourth-order valence-electron chi connectivity index (χ4n) is 4.19. The Bertz CT molecular complexity index is 558. The predicted octanol–water partition coefficient (Wildman–Crippen LogP) is 4.18. The molecular weight excluding hydrogens is 343 g/mol. The van der Waals surface area contributed by atoms with E-state index in [9.17, 15) is 4.79 Å². The Morgan fingerprint density at radius 3 is 2.38 bits per heavy atom. The van der Waals surface area contributed by atoms with Gasteiger partial charge in [0.2, 0.25) is 4.33 Å². The summed E-state index contributed by atoms with van der Waals surface area (Å²) in [6.07, 6.45) is 7.12. The van der Waals surface area contributed by atoms with E-state index in [1.165, 1.54) is 19.3 Å².